The molecule has 0 saturated carbocycles. The molecule has 0 aliphatic rings. The fraction of sp³-hybridized carbons (Fsp3) is 0.0968. The van der Waals surface area contributed by atoms with Gasteiger partial charge in [-0.15, -0.1) is 21.0 Å². The Hall–Kier alpha value is -5.96. The molecule has 0 saturated heterocycles. The molecule has 188 valence electrons. The molecule has 0 fully saturated rings. The van der Waals surface area contributed by atoms with Crippen molar-refractivity contribution >= 4 is 0 Å². The summed E-state index contributed by atoms with van der Waals surface area (Å²) in [6, 6.07) is 29.0. The molecule has 0 bridgehead atoms. The Labute approximate surface area is 225 Å². The summed E-state index contributed by atoms with van der Waals surface area (Å²) in [5.74, 6) is 1.35. The van der Waals surface area contributed by atoms with Crippen molar-refractivity contribution in [3.63, 3.8) is 0 Å². The number of rotatable bonds is 9. The molecule has 0 aliphatic heterocycles. The zero-order chi connectivity index (χ0) is 27.7. The van der Waals surface area contributed by atoms with E-state index in [1.165, 1.54) is 0 Å². The third-order valence-corrected chi connectivity index (χ3v) is 6.57. The van der Waals surface area contributed by atoms with E-state index in [1.807, 2.05) is 48.5 Å². The first-order chi connectivity index (χ1) is 19.0. The Morgan fingerprint density at radius 3 is 0.974 bits per heavy atom. The van der Waals surface area contributed by atoms with Gasteiger partial charge in [-0.05, 0) is 70.8 Å². The van der Waals surface area contributed by atoms with Gasteiger partial charge in [-0.2, -0.15) is 0 Å². The van der Waals surface area contributed by atoms with Crippen molar-refractivity contribution < 1.29 is 18.9 Å². The first-order valence-electron chi connectivity index (χ1n) is 11.7. The molecule has 8 heteroatoms. The zero-order valence-corrected chi connectivity index (χ0v) is 20.7. The van der Waals surface area contributed by atoms with Gasteiger partial charge in [0.1, 0.15) is 23.0 Å². The first-order valence-corrected chi connectivity index (χ1v) is 11.7. The number of nitriles is 4. The average molecular weight is 513 g/mol. The maximum Gasteiger partial charge on any atom is 0.292 e. The molecule has 0 atom stereocenters. The number of hydrogen-bond acceptors (Lipinski definition) is 8. The second-order valence-electron chi connectivity index (χ2n) is 8.60. The maximum absolute atomic E-state index is 8.94. The van der Waals surface area contributed by atoms with Crippen molar-refractivity contribution in [2.24, 2.45) is 0 Å². The number of ether oxygens (including phenoxy) is 4. The molecule has 0 spiro atoms. The molecule has 0 amide bonds. The van der Waals surface area contributed by atoms with Crippen LogP contribution in [0.4, 0.5) is 0 Å². The van der Waals surface area contributed by atoms with Crippen molar-refractivity contribution in [2.45, 2.75) is 18.3 Å². The Bertz CT molecular complexity index is 1470. The summed E-state index contributed by atoms with van der Waals surface area (Å²) in [6.45, 7) is 2.09. The van der Waals surface area contributed by atoms with Crippen LogP contribution in [0.25, 0.3) is 0 Å². The minimum atomic E-state index is -0.717. The molecule has 4 aromatic carbocycles. The Kier molecular flexibility index (Phi) is 7.93. The second-order valence-corrected chi connectivity index (χ2v) is 8.60. The molecule has 8 nitrogen and oxygen atoms in total. The van der Waals surface area contributed by atoms with Crippen molar-refractivity contribution in [3.8, 4) is 48.0 Å². The quantitative estimate of drug-likeness (QED) is 0.240. The summed E-state index contributed by atoms with van der Waals surface area (Å²) in [4.78, 5) is 0. The van der Waals surface area contributed by atoms with E-state index >= 15 is 0 Å². The molecule has 0 unspecified atom stereocenters. The zero-order valence-electron chi connectivity index (χ0n) is 20.7. The van der Waals surface area contributed by atoms with Crippen molar-refractivity contribution in [1.29, 1.82) is 21.0 Å². The van der Waals surface area contributed by atoms with Gasteiger partial charge in [-0.1, -0.05) is 55.5 Å². The van der Waals surface area contributed by atoms with Crippen LogP contribution < -0.4 is 18.9 Å². The van der Waals surface area contributed by atoms with E-state index in [2.05, 4.69) is 6.92 Å². The van der Waals surface area contributed by atoms with E-state index in [0.717, 1.165) is 22.3 Å². The molecule has 4 rings (SSSR count). The van der Waals surface area contributed by atoms with Crippen LogP contribution in [0, 0.1) is 46.1 Å². The SMILES string of the molecule is CC(c1ccc(OC#N)cc1)(c1ccc(OC#N)cc1)C(c1ccc(OC#N)cc1)c1ccc(OC#N)cc1. The van der Waals surface area contributed by atoms with Crippen LogP contribution in [0.1, 0.15) is 35.1 Å². The fourth-order valence-corrected chi connectivity index (χ4v) is 4.76. The van der Waals surface area contributed by atoms with Gasteiger partial charge >= 0.3 is 0 Å². The topological polar surface area (TPSA) is 132 Å². The lowest BCUT2D eigenvalue weighted by Crippen LogP contribution is -2.33. The van der Waals surface area contributed by atoms with E-state index in [4.69, 9.17) is 40.0 Å². The van der Waals surface area contributed by atoms with Crippen LogP contribution in [0.15, 0.2) is 97.1 Å². The van der Waals surface area contributed by atoms with Crippen molar-refractivity contribution in [1.82, 2.24) is 0 Å². The van der Waals surface area contributed by atoms with Crippen LogP contribution in [0.5, 0.6) is 23.0 Å². The maximum atomic E-state index is 8.94. The van der Waals surface area contributed by atoms with Crippen LogP contribution in [0.2, 0.25) is 0 Å². The predicted octanol–water partition coefficient (Wildman–Crippen LogP) is 6.26. The van der Waals surface area contributed by atoms with Gasteiger partial charge in [0.2, 0.25) is 0 Å². The Morgan fingerprint density at radius 1 is 0.462 bits per heavy atom. The van der Waals surface area contributed by atoms with Crippen molar-refractivity contribution in [2.75, 3.05) is 0 Å². The van der Waals surface area contributed by atoms with Gasteiger partial charge in [0.25, 0.3) is 25.0 Å². The minimum Gasteiger partial charge on any atom is -0.388 e. The molecule has 4 aromatic rings. The monoisotopic (exact) mass is 512 g/mol. The van der Waals surface area contributed by atoms with E-state index in [0.29, 0.717) is 23.0 Å². The second kappa shape index (κ2) is 11.8. The van der Waals surface area contributed by atoms with Gasteiger partial charge < -0.3 is 18.9 Å². The van der Waals surface area contributed by atoms with Gasteiger partial charge in [0, 0.05) is 11.3 Å². The lowest BCUT2D eigenvalue weighted by molar-refractivity contribution is 0.482. The normalized spacial score (nSPS) is 10.3. The summed E-state index contributed by atoms with van der Waals surface area (Å²) < 4.78 is 20.0. The van der Waals surface area contributed by atoms with Crippen LogP contribution in [-0.4, -0.2) is 0 Å². The van der Waals surface area contributed by atoms with Crippen molar-refractivity contribution in [3.05, 3.63) is 119 Å². The largest absolute Gasteiger partial charge is 0.388 e. The van der Waals surface area contributed by atoms with Crippen LogP contribution >= 0.6 is 0 Å². The smallest absolute Gasteiger partial charge is 0.292 e. The van der Waals surface area contributed by atoms with Crippen LogP contribution in [-0.2, 0) is 5.41 Å². The highest BCUT2D eigenvalue weighted by atomic mass is 16.5. The Morgan fingerprint density at radius 2 is 0.718 bits per heavy atom. The highest BCUT2D eigenvalue weighted by molar-refractivity contribution is 5.52. The molecule has 0 radical (unpaired) electrons. The van der Waals surface area contributed by atoms with E-state index in [9.17, 15) is 0 Å². The fourth-order valence-electron chi connectivity index (χ4n) is 4.76. The minimum absolute atomic E-state index is 0.296. The van der Waals surface area contributed by atoms with Gasteiger partial charge in [-0.25, -0.2) is 0 Å². The van der Waals surface area contributed by atoms with Gasteiger partial charge in [-0.3, -0.25) is 0 Å². The molecular formula is C31H20N4O4. The molecule has 0 aliphatic carbocycles. The summed E-state index contributed by atoms with van der Waals surface area (Å²) in [5.41, 5.74) is 2.96. The molecule has 0 heterocycles. The number of benzene rings is 4. The van der Waals surface area contributed by atoms with E-state index in [1.54, 1.807) is 73.6 Å². The Balaban J connectivity index is 1.95. The van der Waals surface area contributed by atoms with Gasteiger partial charge in [0.05, 0.1) is 0 Å². The molecular weight excluding hydrogens is 492 g/mol. The summed E-state index contributed by atoms with van der Waals surface area (Å²) >= 11 is 0. The number of nitrogens with zero attached hydrogens (tertiary/aromatic N) is 4. The lowest BCUT2D eigenvalue weighted by atomic mass is 9.62. The van der Waals surface area contributed by atoms with E-state index < -0.39 is 5.41 Å². The van der Waals surface area contributed by atoms with Crippen LogP contribution in [0.3, 0.4) is 0 Å². The summed E-state index contributed by atoms with van der Waals surface area (Å²) in [6.07, 6.45) is 6.75. The molecule has 0 aromatic heterocycles. The highest BCUT2D eigenvalue weighted by Gasteiger charge is 2.40. The average Bonchev–Trinajstić information content (AvgIpc) is 2.96. The molecule has 39 heavy (non-hydrogen) atoms. The van der Waals surface area contributed by atoms with E-state index in [-0.39, 0.29) is 5.92 Å². The first kappa shape index (κ1) is 26.1. The number of hydrogen-bond donors (Lipinski definition) is 0. The van der Waals surface area contributed by atoms with Gasteiger partial charge in [0.15, 0.2) is 0 Å². The third kappa shape index (κ3) is 5.57. The molecule has 0 N–H and O–H groups in total. The highest BCUT2D eigenvalue weighted by Crippen LogP contribution is 2.49. The standard InChI is InChI=1S/C31H20N4O4/c1-31(24-6-14-28(15-7-24)38-20-34,25-8-16-29(17-9-25)39-21-35)30(22-2-10-26(11-3-22)36-18-32)23-4-12-27(13-5-23)37-19-33/h2-17,30H,1H3. The predicted molar refractivity (Wildman–Crippen MR) is 139 cm³/mol. The summed E-state index contributed by atoms with van der Waals surface area (Å²) in [7, 11) is 0. The lowest BCUT2D eigenvalue weighted by Gasteiger charge is -2.40. The summed E-state index contributed by atoms with van der Waals surface area (Å²) in [5, 5.41) is 35.7. The third-order valence-electron chi connectivity index (χ3n) is 6.57.